The highest BCUT2D eigenvalue weighted by Gasteiger charge is 2.22. The molecule has 0 saturated carbocycles. The number of aromatic nitrogens is 1. The lowest BCUT2D eigenvalue weighted by Crippen LogP contribution is -2.45. The predicted octanol–water partition coefficient (Wildman–Crippen LogP) is 2.10. The van der Waals surface area contributed by atoms with Gasteiger partial charge in [-0.05, 0) is 6.54 Å². The number of carbonyl (C=O) groups is 1. The lowest BCUT2D eigenvalue weighted by Gasteiger charge is -2.33. The van der Waals surface area contributed by atoms with E-state index in [1.807, 2.05) is 13.8 Å². The molecule has 1 N–H and O–H groups in total. The van der Waals surface area contributed by atoms with Crippen LogP contribution in [0.15, 0.2) is 0 Å². The van der Waals surface area contributed by atoms with Gasteiger partial charge in [-0.25, -0.2) is 9.78 Å². The number of carboxylic acid groups (broad SMARTS) is 1. The minimum absolute atomic E-state index is 0.247. The fraction of sp³-hybridized carbons (Fsp3) is 0.714. The Hall–Kier alpha value is -0.980. The molecule has 0 amide bonds. The molecule has 2 heterocycles. The molecular weight excluding hydrogens is 274 g/mol. The summed E-state index contributed by atoms with van der Waals surface area (Å²) >= 11 is 1.55. The molecule has 20 heavy (non-hydrogen) atoms. The zero-order valence-electron chi connectivity index (χ0n) is 12.4. The van der Waals surface area contributed by atoms with Crippen LogP contribution in [0.1, 0.15) is 47.1 Å². The van der Waals surface area contributed by atoms with E-state index >= 15 is 0 Å². The molecule has 1 aromatic rings. The Balaban J connectivity index is 2.07. The second-order valence-electron chi connectivity index (χ2n) is 5.49. The number of carboxylic acids is 1. The summed E-state index contributed by atoms with van der Waals surface area (Å²) in [6.07, 6.45) is 0. The van der Waals surface area contributed by atoms with Crippen LogP contribution in [0.25, 0.3) is 0 Å². The van der Waals surface area contributed by atoms with E-state index in [0.29, 0.717) is 6.54 Å². The van der Waals surface area contributed by atoms with Gasteiger partial charge in [0.2, 0.25) is 0 Å². The zero-order chi connectivity index (χ0) is 14.7. The van der Waals surface area contributed by atoms with Crippen LogP contribution in [-0.2, 0) is 6.54 Å². The number of hydrogen-bond donors (Lipinski definition) is 1. The van der Waals surface area contributed by atoms with Crippen molar-refractivity contribution in [1.82, 2.24) is 14.8 Å². The summed E-state index contributed by atoms with van der Waals surface area (Å²) in [4.78, 5) is 21.2. The molecule has 0 aromatic carbocycles. The van der Waals surface area contributed by atoms with Crippen LogP contribution >= 0.6 is 11.3 Å². The van der Waals surface area contributed by atoms with E-state index in [-0.39, 0.29) is 11.6 Å². The van der Waals surface area contributed by atoms with Gasteiger partial charge in [-0.1, -0.05) is 20.8 Å². The quantitative estimate of drug-likeness (QED) is 0.902. The average Bonchev–Trinajstić information content (AvgIpc) is 2.84. The van der Waals surface area contributed by atoms with Crippen LogP contribution in [0.4, 0.5) is 0 Å². The minimum Gasteiger partial charge on any atom is -0.476 e. The highest BCUT2D eigenvalue weighted by atomic mass is 32.1. The van der Waals surface area contributed by atoms with Crippen molar-refractivity contribution in [1.29, 1.82) is 0 Å². The number of nitrogens with zero attached hydrogens (tertiary/aromatic N) is 3. The standard InChI is InChI=1S/C14H23N3O2S/c1-4-16-5-7-17(8-6-16)9-11-12(14(18)19)15-13(20-11)10(2)3/h10H,4-9H2,1-3H3,(H,18,19). The molecule has 2 rings (SSSR count). The van der Waals surface area contributed by atoms with Gasteiger partial charge < -0.3 is 10.0 Å². The molecule has 0 atom stereocenters. The van der Waals surface area contributed by atoms with Gasteiger partial charge in [0.1, 0.15) is 0 Å². The van der Waals surface area contributed by atoms with E-state index in [2.05, 4.69) is 21.7 Å². The van der Waals surface area contributed by atoms with E-state index in [1.165, 1.54) is 0 Å². The molecule has 0 aliphatic carbocycles. The summed E-state index contributed by atoms with van der Waals surface area (Å²) in [6.45, 7) is 12.2. The Labute approximate surface area is 124 Å². The molecule has 1 aromatic heterocycles. The van der Waals surface area contributed by atoms with Crippen LogP contribution in [0, 0.1) is 0 Å². The summed E-state index contributed by atoms with van der Waals surface area (Å²) in [6, 6.07) is 0. The maximum atomic E-state index is 11.3. The topological polar surface area (TPSA) is 56.7 Å². The first-order chi connectivity index (χ1) is 9.51. The van der Waals surface area contributed by atoms with Crippen molar-refractivity contribution in [2.75, 3.05) is 32.7 Å². The summed E-state index contributed by atoms with van der Waals surface area (Å²) < 4.78 is 0. The molecule has 0 bridgehead atoms. The minimum atomic E-state index is -0.907. The Bertz CT molecular complexity index is 465. The lowest BCUT2D eigenvalue weighted by molar-refractivity contribution is 0.0687. The summed E-state index contributed by atoms with van der Waals surface area (Å²) in [5.41, 5.74) is 0.247. The van der Waals surface area contributed by atoms with Gasteiger partial charge in [0.25, 0.3) is 0 Å². The predicted molar refractivity (Wildman–Crippen MR) is 80.6 cm³/mol. The third-order valence-corrected chi connectivity index (χ3v) is 5.03. The monoisotopic (exact) mass is 297 g/mol. The first kappa shape index (κ1) is 15.4. The normalized spacial score (nSPS) is 17.8. The fourth-order valence-corrected chi connectivity index (χ4v) is 3.46. The average molecular weight is 297 g/mol. The summed E-state index contributed by atoms with van der Waals surface area (Å²) in [5.74, 6) is -0.626. The Kier molecular flexibility index (Phi) is 5.12. The molecule has 5 nitrogen and oxygen atoms in total. The van der Waals surface area contributed by atoms with Gasteiger partial charge in [-0.2, -0.15) is 0 Å². The molecular formula is C14H23N3O2S. The van der Waals surface area contributed by atoms with Crippen LogP contribution in [-0.4, -0.2) is 58.6 Å². The van der Waals surface area contributed by atoms with Gasteiger partial charge in [0.15, 0.2) is 5.69 Å². The molecule has 0 spiro atoms. The van der Waals surface area contributed by atoms with Crippen molar-refractivity contribution in [3.8, 4) is 0 Å². The second kappa shape index (κ2) is 6.65. The molecule has 112 valence electrons. The van der Waals surface area contributed by atoms with Gasteiger partial charge >= 0.3 is 5.97 Å². The SMILES string of the molecule is CCN1CCN(Cc2sc(C(C)C)nc2C(=O)O)CC1. The summed E-state index contributed by atoms with van der Waals surface area (Å²) in [7, 11) is 0. The van der Waals surface area contributed by atoms with Crippen LogP contribution < -0.4 is 0 Å². The largest absolute Gasteiger partial charge is 0.476 e. The van der Waals surface area contributed by atoms with Crippen molar-refractivity contribution in [3.63, 3.8) is 0 Å². The maximum Gasteiger partial charge on any atom is 0.355 e. The number of aromatic carboxylic acids is 1. The third kappa shape index (κ3) is 3.56. The summed E-state index contributed by atoms with van der Waals surface area (Å²) in [5, 5.41) is 10.2. The van der Waals surface area contributed by atoms with Crippen molar-refractivity contribution in [2.45, 2.75) is 33.2 Å². The molecule has 1 fully saturated rings. The molecule has 1 aliphatic rings. The highest BCUT2D eigenvalue weighted by molar-refractivity contribution is 7.12. The zero-order valence-corrected chi connectivity index (χ0v) is 13.2. The number of hydrogen-bond acceptors (Lipinski definition) is 5. The van der Waals surface area contributed by atoms with Crippen molar-refractivity contribution >= 4 is 17.3 Å². The van der Waals surface area contributed by atoms with Gasteiger partial charge in [-0.3, -0.25) is 4.90 Å². The molecule has 1 saturated heterocycles. The first-order valence-electron chi connectivity index (χ1n) is 7.18. The van der Waals surface area contributed by atoms with E-state index in [1.54, 1.807) is 11.3 Å². The highest BCUT2D eigenvalue weighted by Crippen LogP contribution is 2.26. The Morgan fingerprint density at radius 3 is 2.40 bits per heavy atom. The third-order valence-electron chi connectivity index (χ3n) is 3.69. The second-order valence-corrected chi connectivity index (χ2v) is 6.61. The molecule has 1 aliphatic heterocycles. The Morgan fingerprint density at radius 1 is 1.30 bits per heavy atom. The fourth-order valence-electron chi connectivity index (χ4n) is 2.36. The van der Waals surface area contributed by atoms with Crippen molar-refractivity contribution < 1.29 is 9.90 Å². The number of likely N-dealkylation sites (N-methyl/N-ethyl adjacent to an activating group) is 1. The van der Waals surface area contributed by atoms with Crippen LogP contribution in [0.5, 0.6) is 0 Å². The van der Waals surface area contributed by atoms with E-state index < -0.39 is 5.97 Å². The van der Waals surface area contributed by atoms with Gasteiger partial charge in [0.05, 0.1) is 9.88 Å². The smallest absolute Gasteiger partial charge is 0.355 e. The van der Waals surface area contributed by atoms with E-state index in [0.717, 1.165) is 42.6 Å². The Morgan fingerprint density at radius 2 is 1.90 bits per heavy atom. The number of piperazine rings is 1. The van der Waals surface area contributed by atoms with E-state index in [9.17, 15) is 9.90 Å². The van der Waals surface area contributed by atoms with Crippen LogP contribution in [0.3, 0.4) is 0 Å². The number of thiazole rings is 1. The van der Waals surface area contributed by atoms with Gasteiger partial charge in [0, 0.05) is 38.6 Å². The van der Waals surface area contributed by atoms with Crippen molar-refractivity contribution in [2.24, 2.45) is 0 Å². The first-order valence-corrected chi connectivity index (χ1v) is 8.00. The van der Waals surface area contributed by atoms with Gasteiger partial charge in [-0.15, -0.1) is 11.3 Å². The molecule has 0 radical (unpaired) electrons. The lowest BCUT2D eigenvalue weighted by atomic mass is 10.2. The number of rotatable bonds is 5. The van der Waals surface area contributed by atoms with Crippen LogP contribution in [0.2, 0.25) is 0 Å². The maximum absolute atomic E-state index is 11.3. The van der Waals surface area contributed by atoms with Crippen molar-refractivity contribution in [3.05, 3.63) is 15.6 Å². The molecule has 0 unspecified atom stereocenters. The molecule has 6 heteroatoms. The van der Waals surface area contributed by atoms with E-state index in [4.69, 9.17) is 0 Å².